The number of fused-ring (bicyclic) bond motifs is 1. The molecule has 116 valence electrons. The van der Waals surface area contributed by atoms with Crippen LogP contribution in [0.15, 0.2) is 54.6 Å². The summed E-state index contributed by atoms with van der Waals surface area (Å²) in [6.07, 6.45) is 2.28. The Morgan fingerprint density at radius 3 is 2.45 bits per heavy atom. The highest BCUT2D eigenvalue weighted by Crippen LogP contribution is 2.43. The van der Waals surface area contributed by atoms with Gasteiger partial charge in [0, 0.05) is 36.9 Å². The van der Waals surface area contributed by atoms with Gasteiger partial charge in [-0.3, -0.25) is 0 Å². The maximum Gasteiger partial charge on any atom is 0.0863 e. The van der Waals surface area contributed by atoms with Gasteiger partial charge in [0.05, 0.1) is 6.10 Å². The average molecular weight is 295 g/mol. The average Bonchev–Trinajstić information content (AvgIpc) is 2.54. The van der Waals surface area contributed by atoms with Crippen molar-refractivity contribution in [3.8, 4) is 0 Å². The first kappa shape index (κ1) is 15.1. The SMILES string of the molecule is COC1CC(C)(C)N(CCc2ccccc2)c2ccccc21. The number of hydrogen-bond donors (Lipinski definition) is 0. The zero-order valence-electron chi connectivity index (χ0n) is 13.8. The molecule has 22 heavy (non-hydrogen) atoms. The van der Waals surface area contributed by atoms with E-state index >= 15 is 0 Å². The van der Waals surface area contributed by atoms with Gasteiger partial charge in [0.1, 0.15) is 0 Å². The molecule has 2 aromatic carbocycles. The van der Waals surface area contributed by atoms with Crippen molar-refractivity contribution in [3.05, 3.63) is 65.7 Å². The minimum absolute atomic E-state index is 0.101. The highest BCUT2D eigenvalue weighted by atomic mass is 16.5. The number of anilines is 1. The molecule has 1 atom stereocenters. The summed E-state index contributed by atoms with van der Waals surface area (Å²) in [7, 11) is 1.82. The van der Waals surface area contributed by atoms with Crippen LogP contribution in [-0.2, 0) is 11.2 Å². The fourth-order valence-corrected chi connectivity index (χ4v) is 3.52. The monoisotopic (exact) mass is 295 g/mol. The molecule has 2 heteroatoms. The van der Waals surface area contributed by atoms with Gasteiger partial charge in [-0.05, 0) is 31.9 Å². The first-order chi connectivity index (χ1) is 10.6. The zero-order valence-corrected chi connectivity index (χ0v) is 13.8. The fraction of sp³-hybridized carbons (Fsp3) is 0.400. The number of rotatable bonds is 4. The highest BCUT2D eigenvalue weighted by molar-refractivity contribution is 5.59. The molecule has 0 bridgehead atoms. The summed E-state index contributed by atoms with van der Waals surface area (Å²) in [5.74, 6) is 0. The van der Waals surface area contributed by atoms with E-state index in [-0.39, 0.29) is 11.6 Å². The van der Waals surface area contributed by atoms with E-state index in [1.165, 1.54) is 16.8 Å². The summed E-state index contributed by atoms with van der Waals surface area (Å²) in [4.78, 5) is 2.55. The van der Waals surface area contributed by atoms with Gasteiger partial charge in [0.25, 0.3) is 0 Å². The van der Waals surface area contributed by atoms with Crippen LogP contribution in [0.2, 0.25) is 0 Å². The predicted octanol–water partition coefficient (Wildman–Crippen LogP) is 4.61. The Bertz CT molecular complexity index is 621. The second kappa shape index (κ2) is 6.13. The van der Waals surface area contributed by atoms with Gasteiger partial charge in [0.15, 0.2) is 0 Å². The molecule has 2 nitrogen and oxygen atoms in total. The molecule has 0 N–H and O–H groups in total. The van der Waals surface area contributed by atoms with Gasteiger partial charge in [-0.2, -0.15) is 0 Å². The number of ether oxygens (including phenoxy) is 1. The highest BCUT2D eigenvalue weighted by Gasteiger charge is 2.37. The molecule has 1 aliphatic rings. The van der Waals surface area contributed by atoms with Crippen LogP contribution in [0, 0.1) is 0 Å². The molecule has 0 spiro atoms. The molecular weight excluding hydrogens is 270 g/mol. The smallest absolute Gasteiger partial charge is 0.0863 e. The number of nitrogens with zero attached hydrogens (tertiary/aromatic N) is 1. The molecule has 0 saturated heterocycles. The third-order valence-corrected chi connectivity index (χ3v) is 4.74. The van der Waals surface area contributed by atoms with Crippen molar-refractivity contribution in [2.75, 3.05) is 18.6 Å². The lowest BCUT2D eigenvalue weighted by Gasteiger charge is -2.47. The summed E-state index contributed by atoms with van der Waals surface area (Å²) >= 11 is 0. The molecule has 1 aliphatic heterocycles. The minimum Gasteiger partial charge on any atom is -0.377 e. The molecule has 0 fully saturated rings. The molecule has 0 aromatic heterocycles. The molecule has 0 amide bonds. The lowest BCUT2D eigenvalue weighted by atomic mass is 9.84. The maximum absolute atomic E-state index is 5.74. The van der Waals surface area contributed by atoms with Crippen LogP contribution in [0.1, 0.15) is 37.5 Å². The van der Waals surface area contributed by atoms with Crippen molar-refractivity contribution in [2.45, 2.75) is 38.3 Å². The van der Waals surface area contributed by atoms with Crippen LogP contribution in [0.4, 0.5) is 5.69 Å². The Morgan fingerprint density at radius 2 is 1.73 bits per heavy atom. The number of hydrogen-bond acceptors (Lipinski definition) is 2. The van der Waals surface area contributed by atoms with E-state index in [1.54, 1.807) is 0 Å². The Morgan fingerprint density at radius 1 is 1.05 bits per heavy atom. The van der Waals surface area contributed by atoms with E-state index in [9.17, 15) is 0 Å². The summed E-state index contributed by atoms with van der Waals surface area (Å²) in [6.45, 7) is 5.67. The normalized spacial score (nSPS) is 19.8. The van der Waals surface area contributed by atoms with E-state index < -0.39 is 0 Å². The second-order valence-corrected chi connectivity index (χ2v) is 6.69. The molecule has 0 aliphatic carbocycles. The second-order valence-electron chi connectivity index (χ2n) is 6.69. The van der Waals surface area contributed by atoms with Crippen LogP contribution >= 0.6 is 0 Å². The Balaban J connectivity index is 1.88. The van der Waals surface area contributed by atoms with Crippen molar-refractivity contribution in [1.82, 2.24) is 0 Å². The molecular formula is C20H25NO. The number of methoxy groups -OCH3 is 1. The van der Waals surface area contributed by atoms with E-state index in [0.717, 1.165) is 19.4 Å². The van der Waals surface area contributed by atoms with E-state index in [0.29, 0.717) is 0 Å². The van der Waals surface area contributed by atoms with Crippen LogP contribution in [0.5, 0.6) is 0 Å². The third-order valence-electron chi connectivity index (χ3n) is 4.74. The molecule has 0 saturated carbocycles. The quantitative estimate of drug-likeness (QED) is 0.817. The minimum atomic E-state index is 0.101. The Labute approximate surface area is 133 Å². The van der Waals surface area contributed by atoms with Crippen molar-refractivity contribution in [2.24, 2.45) is 0 Å². The molecule has 3 rings (SSSR count). The summed E-state index contributed by atoms with van der Waals surface area (Å²) in [6, 6.07) is 19.4. The van der Waals surface area contributed by atoms with Crippen LogP contribution < -0.4 is 4.90 Å². The zero-order chi connectivity index (χ0) is 15.6. The molecule has 1 heterocycles. The van der Waals surface area contributed by atoms with Gasteiger partial charge in [-0.1, -0.05) is 48.5 Å². The van der Waals surface area contributed by atoms with Crippen molar-refractivity contribution in [3.63, 3.8) is 0 Å². The molecule has 1 unspecified atom stereocenters. The predicted molar refractivity (Wildman–Crippen MR) is 92.4 cm³/mol. The Hall–Kier alpha value is -1.80. The van der Waals surface area contributed by atoms with Crippen LogP contribution in [0.3, 0.4) is 0 Å². The lowest BCUT2D eigenvalue weighted by molar-refractivity contribution is 0.0707. The van der Waals surface area contributed by atoms with E-state index in [2.05, 4.69) is 73.3 Å². The standard InChI is InChI=1S/C20H25NO/c1-20(2)15-19(22-3)17-11-7-8-12-18(17)21(20)14-13-16-9-5-4-6-10-16/h4-12,19H,13-15H2,1-3H3. The van der Waals surface area contributed by atoms with Gasteiger partial charge in [-0.25, -0.2) is 0 Å². The van der Waals surface area contributed by atoms with Crippen molar-refractivity contribution < 1.29 is 4.74 Å². The summed E-state index contributed by atoms with van der Waals surface area (Å²) in [5.41, 5.74) is 4.13. The van der Waals surface area contributed by atoms with Crippen molar-refractivity contribution >= 4 is 5.69 Å². The van der Waals surface area contributed by atoms with Crippen LogP contribution in [-0.4, -0.2) is 19.2 Å². The van der Waals surface area contributed by atoms with Gasteiger partial charge in [-0.15, -0.1) is 0 Å². The van der Waals surface area contributed by atoms with Gasteiger partial charge in [0.2, 0.25) is 0 Å². The topological polar surface area (TPSA) is 12.5 Å². The van der Waals surface area contributed by atoms with Crippen LogP contribution in [0.25, 0.3) is 0 Å². The van der Waals surface area contributed by atoms with Crippen molar-refractivity contribution in [1.29, 1.82) is 0 Å². The number of para-hydroxylation sites is 1. The van der Waals surface area contributed by atoms with Gasteiger partial charge >= 0.3 is 0 Å². The molecule has 0 radical (unpaired) electrons. The third kappa shape index (κ3) is 2.89. The summed E-state index contributed by atoms with van der Waals surface area (Å²) in [5, 5.41) is 0. The summed E-state index contributed by atoms with van der Waals surface area (Å²) < 4.78 is 5.74. The number of benzene rings is 2. The first-order valence-electron chi connectivity index (χ1n) is 8.05. The van der Waals surface area contributed by atoms with E-state index in [4.69, 9.17) is 4.74 Å². The van der Waals surface area contributed by atoms with Gasteiger partial charge < -0.3 is 9.64 Å². The van der Waals surface area contributed by atoms with E-state index in [1.807, 2.05) is 7.11 Å². The first-order valence-corrected chi connectivity index (χ1v) is 8.05. The maximum atomic E-state index is 5.74. The lowest BCUT2D eigenvalue weighted by Crippen LogP contribution is -2.49. The Kier molecular flexibility index (Phi) is 4.21. The largest absolute Gasteiger partial charge is 0.377 e. The molecule has 2 aromatic rings. The fourth-order valence-electron chi connectivity index (χ4n) is 3.52.